The van der Waals surface area contributed by atoms with Crippen LogP contribution >= 0.6 is 0 Å². The van der Waals surface area contributed by atoms with Crippen LogP contribution in [0.4, 0.5) is 23.1 Å². The van der Waals surface area contributed by atoms with Crippen LogP contribution in [0.25, 0.3) is 0 Å². The number of ether oxygens (including phenoxy) is 1. The molecule has 2 aliphatic rings. The molecule has 0 unspecified atom stereocenters. The first kappa shape index (κ1) is 29.3. The van der Waals surface area contributed by atoms with Gasteiger partial charge in [-0.05, 0) is 50.3 Å². The molecule has 10 nitrogen and oxygen atoms in total. The Bertz CT molecular complexity index is 1180. The first-order valence-corrected chi connectivity index (χ1v) is 14.6. The lowest BCUT2D eigenvalue weighted by molar-refractivity contribution is -0.120. The molecule has 0 saturated heterocycles. The van der Waals surface area contributed by atoms with E-state index >= 15 is 0 Å². The van der Waals surface area contributed by atoms with E-state index in [-0.39, 0.29) is 17.9 Å². The van der Waals surface area contributed by atoms with Crippen LogP contribution in [0, 0.1) is 0 Å². The van der Waals surface area contributed by atoms with Crippen LogP contribution in [0.15, 0.2) is 24.4 Å². The predicted octanol–water partition coefficient (Wildman–Crippen LogP) is 5.00. The molecule has 10 heteroatoms. The number of aldehydes is 1. The van der Waals surface area contributed by atoms with Gasteiger partial charge < -0.3 is 30.0 Å². The third kappa shape index (κ3) is 6.71. The molecule has 1 atom stereocenters. The fraction of sp³-hybridized carbons (Fsp3) is 0.567. The largest absolute Gasteiger partial charge is 0.495 e. The maximum absolute atomic E-state index is 13.1. The van der Waals surface area contributed by atoms with Crippen molar-refractivity contribution in [1.82, 2.24) is 15.3 Å². The first-order valence-electron chi connectivity index (χ1n) is 14.6. The number of nitrogens with zero attached hydrogens (tertiary/aromatic N) is 4. The summed E-state index contributed by atoms with van der Waals surface area (Å²) in [6.45, 7) is 2.65. The van der Waals surface area contributed by atoms with E-state index < -0.39 is 0 Å². The van der Waals surface area contributed by atoms with Gasteiger partial charge in [-0.1, -0.05) is 39.0 Å². The smallest absolute Gasteiger partial charge is 0.251 e. The van der Waals surface area contributed by atoms with Crippen molar-refractivity contribution in [3.63, 3.8) is 0 Å². The number of anilines is 4. The van der Waals surface area contributed by atoms with Gasteiger partial charge in [0, 0.05) is 31.6 Å². The van der Waals surface area contributed by atoms with Crippen LogP contribution in [-0.2, 0) is 9.59 Å². The molecule has 4 rings (SSSR count). The van der Waals surface area contributed by atoms with E-state index in [1.807, 2.05) is 6.92 Å². The highest BCUT2D eigenvalue weighted by Gasteiger charge is 2.41. The number of hydrogen-bond acceptors (Lipinski definition) is 8. The normalized spacial score (nSPS) is 17.1. The molecule has 2 heterocycles. The topological polar surface area (TPSA) is 117 Å². The average molecular weight is 551 g/mol. The molecule has 1 saturated carbocycles. The molecule has 2 aromatic rings. The van der Waals surface area contributed by atoms with E-state index in [2.05, 4.69) is 20.5 Å². The molecule has 1 aliphatic carbocycles. The molecule has 1 fully saturated rings. The van der Waals surface area contributed by atoms with Gasteiger partial charge in [0.25, 0.3) is 5.91 Å². The minimum atomic E-state index is -0.238. The van der Waals surface area contributed by atoms with E-state index in [9.17, 15) is 14.4 Å². The highest BCUT2D eigenvalue weighted by atomic mass is 16.5. The molecule has 1 aromatic carbocycles. The van der Waals surface area contributed by atoms with Gasteiger partial charge in [-0.25, -0.2) is 4.98 Å². The Kier molecular flexibility index (Phi) is 10.3. The van der Waals surface area contributed by atoms with Crippen molar-refractivity contribution >= 4 is 41.2 Å². The molecule has 2 N–H and O–H groups in total. The Hall–Kier alpha value is -3.69. The Morgan fingerprint density at radius 2 is 1.90 bits per heavy atom. The van der Waals surface area contributed by atoms with Crippen molar-refractivity contribution in [3.8, 4) is 5.75 Å². The molecule has 1 aliphatic heterocycles. The average Bonchev–Trinajstić information content (AvgIpc) is 3.50. The van der Waals surface area contributed by atoms with Crippen LogP contribution in [-0.4, -0.2) is 60.9 Å². The minimum Gasteiger partial charge on any atom is -0.495 e. The maximum Gasteiger partial charge on any atom is 0.251 e. The zero-order valence-corrected chi connectivity index (χ0v) is 23.9. The molecule has 216 valence electrons. The lowest BCUT2D eigenvalue weighted by atomic mass is 10.0. The number of nitrogens with one attached hydrogen (secondary N) is 2. The number of benzene rings is 1. The summed E-state index contributed by atoms with van der Waals surface area (Å²) in [6.07, 6.45) is 13.4. The van der Waals surface area contributed by atoms with Crippen LogP contribution < -0.4 is 25.2 Å². The van der Waals surface area contributed by atoms with Crippen LogP contribution in [0.3, 0.4) is 0 Å². The monoisotopic (exact) mass is 550 g/mol. The van der Waals surface area contributed by atoms with Crippen LogP contribution in [0.2, 0.25) is 0 Å². The lowest BCUT2D eigenvalue weighted by Gasteiger charge is -2.43. The van der Waals surface area contributed by atoms with Gasteiger partial charge >= 0.3 is 0 Å². The lowest BCUT2D eigenvalue weighted by Crippen LogP contribution is -2.55. The summed E-state index contributed by atoms with van der Waals surface area (Å²) in [5, 5.41) is 6.23. The molecule has 0 radical (unpaired) electrons. The van der Waals surface area contributed by atoms with Gasteiger partial charge in [-0.3, -0.25) is 9.59 Å². The van der Waals surface area contributed by atoms with Gasteiger partial charge in [0.15, 0.2) is 5.82 Å². The van der Waals surface area contributed by atoms with Gasteiger partial charge in [0.05, 0.1) is 19.0 Å². The number of carbonyl (C=O) groups is 3. The second-order valence-corrected chi connectivity index (χ2v) is 10.6. The summed E-state index contributed by atoms with van der Waals surface area (Å²) in [4.78, 5) is 49.5. The summed E-state index contributed by atoms with van der Waals surface area (Å²) in [5.41, 5.74) is 1.87. The number of rotatable bonds is 14. The molecule has 2 amide bonds. The summed E-state index contributed by atoms with van der Waals surface area (Å²) < 4.78 is 5.59. The van der Waals surface area contributed by atoms with Gasteiger partial charge in [-0.15, -0.1) is 0 Å². The zero-order valence-electron chi connectivity index (χ0n) is 23.9. The Labute approximate surface area is 236 Å². The van der Waals surface area contributed by atoms with Gasteiger partial charge in [0.1, 0.15) is 23.8 Å². The number of amides is 2. The molecular weight excluding hydrogens is 508 g/mol. The van der Waals surface area contributed by atoms with Crippen molar-refractivity contribution < 1.29 is 19.1 Å². The van der Waals surface area contributed by atoms with E-state index in [0.717, 1.165) is 69.9 Å². The van der Waals surface area contributed by atoms with Crippen LogP contribution in [0.1, 0.15) is 87.9 Å². The van der Waals surface area contributed by atoms with Crippen LogP contribution in [0.5, 0.6) is 5.75 Å². The fourth-order valence-corrected chi connectivity index (χ4v) is 5.69. The van der Waals surface area contributed by atoms with Crippen molar-refractivity contribution in [2.75, 3.05) is 35.8 Å². The van der Waals surface area contributed by atoms with E-state index in [1.54, 1.807) is 43.5 Å². The molecule has 0 bridgehead atoms. The summed E-state index contributed by atoms with van der Waals surface area (Å²) in [6, 6.07) is 5.31. The Balaban J connectivity index is 1.44. The van der Waals surface area contributed by atoms with E-state index in [0.29, 0.717) is 54.1 Å². The number of carbonyl (C=O) groups excluding carboxylic acids is 3. The summed E-state index contributed by atoms with van der Waals surface area (Å²) in [7, 11) is 3.35. The quantitative estimate of drug-likeness (QED) is 0.249. The van der Waals surface area contributed by atoms with Crippen molar-refractivity contribution in [2.45, 2.75) is 89.6 Å². The second-order valence-electron chi connectivity index (χ2n) is 10.6. The van der Waals surface area contributed by atoms with Crippen molar-refractivity contribution in [2.24, 2.45) is 0 Å². The Morgan fingerprint density at radius 1 is 1.15 bits per heavy atom. The molecular formula is C30H42N6O4. The third-order valence-electron chi connectivity index (χ3n) is 7.91. The van der Waals surface area contributed by atoms with Crippen molar-refractivity contribution in [3.05, 3.63) is 30.0 Å². The highest BCUT2D eigenvalue weighted by molar-refractivity contribution is 6.04. The molecule has 1 aromatic heterocycles. The third-order valence-corrected chi connectivity index (χ3v) is 7.91. The molecule has 40 heavy (non-hydrogen) atoms. The molecule has 0 spiro atoms. The number of likely N-dealkylation sites (N-methyl/N-ethyl adjacent to an activating group) is 1. The number of unbranched alkanes of at least 4 members (excludes halogenated alkanes) is 5. The van der Waals surface area contributed by atoms with Gasteiger partial charge in [0.2, 0.25) is 11.9 Å². The SMILES string of the molecule is CC[C@@H]1C(=O)N(C)c2cnc(Nc3ccc(C(=O)NCCCCCCCC=O)cc3OC)nc2N1C1CCCC1. The predicted molar refractivity (Wildman–Crippen MR) is 157 cm³/mol. The van der Waals surface area contributed by atoms with Crippen molar-refractivity contribution in [1.29, 1.82) is 0 Å². The summed E-state index contributed by atoms with van der Waals surface area (Å²) >= 11 is 0. The number of methoxy groups -OCH3 is 1. The number of aromatic nitrogens is 2. The standard InChI is InChI=1S/C30H42N6O4/c1-4-24-29(39)35(2)25-20-32-30(34-27(25)36(24)22-13-9-10-14-22)33-23-16-15-21(19-26(23)40-3)28(38)31-17-11-7-5-6-8-12-18-37/h15-16,18-20,22,24H,4-14,17H2,1-3H3,(H,31,38)(H,32,33,34)/t24-/m1/s1. The van der Waals surface area contributed by atoms with E-state index in [4.69, 9.17) is 9.72 Å². The Morgan fingerprint density at radius 3 is 2.62 bits per heavy atom. The minimum absolute atomic E-state index is 0.0799. The second kappa shape index (κ2) is 14.1. The first-order chi connectivity index (χ1) is 19.5. The van der Waals surface area contributed by atoms with Gasteiger partial charge in [-0.2, -0.15) is 4.98 Å². The summed E-state index contributed by atoms with van der Waals surface area (Å²) in [5.74, 6) is 1.62. The van der Waals surface area contributed by atoms with E-state index in [1.165, 1.54) is 0 Å². The fourth-order valence-electron chi connectivity index (χ4n) is 5.69. The number of fused-ring (bicyclic) bond motifs is 1. The maximum atomic E-state index is 13.1. The highest BCUT2D eigenvalue weighted by Crippen LogP contribution is 2.40. The zero-order chi connectivity index (χ0) is 28.5. The number of hydrogen-bond donors (Lipinski definition) is 2.